The fourth-order valence-electron chi connectivity index (χ4n) is 3.90. The molecule has 1 aromatic heterocycles. The van der Waals surface area contributed by atoms with Crippen LogP contribution in [-0.4, -0.2) is 36.6 Å². The maximum Gasteiger partial charge on any atom is 0.262 e. The van der Waals surface area contributed by atoms with Crippen LogP contribution in [0.15, 0.2) is 78.6 Å². The van der Waals surface area contributed by atoms with E-state index < -0.39 is 23.4 Å². The average molecular weight is 577 g/mol. The zero-order chi connectivity index (χ0) is 30.1. The molecule has 11 heteroatoms. The van der Waals surface area contributed by atoms with Gasteiger partial charge in [0.2, 0.25) is 0 Å². The molecule has 3 N–H and O–H groups in total. The topological polar surface area (TPSA) is 111 Å². The van der Waals surface area contributed by atoms with Gasteiger partial charge in [0.15, 0.2) is 23.1 Å². The minimum Gasteiger partial charge on any atom is -0.490 e. The molecular formula is C31H30F2N4O5. The Kier molecular flexibility index (Phi) is 9.88. The molecule has 0 unspecified atom stereocenters. The van der Waals surface area contributed by atoms with E-state index >= 15 is 4.39 Å². The lowest BCUT2D eigenvalue weighted by atomic mass is 10.1. The predicted molar refractivity (Wildman–Crippen MR) is 156 cm³/mol. The minimum atomic E-state index is -0.780. The molecule has 2 amide bonds. The molecule has 1 heterocycles. The molecule has 9 nitrogen and oxygen atoms in total. The van der Waals surface area contributed by atoms with Gasteiger partial charge in [0, 0.05) is 47.8 Å². The van der Waals surface area contributed by atoms with E-state index in [9.17, 15) is 14.0 Å². The number of hydrogen-bond donors (Lipinski definition) is 3. The van der Waals surface area contributed by atoms with Crippen molar-refractivity contribution in [1.82, 2.24) is 10.3 Å². The maximum absolute atomic E-state index is 15.2. The van der Waals surface area contributed by atoms with Gasteiger partial charge < -0.3 is 30.2 Å². The Morgan fingerprint density at radius 2 is 1.43 bits per heavy atom. The lowest BCUT2D eigenvalue weighted by Crippen LogP contribution is -2.27. The van der Waals surface area contributed by atoms with Crippen molar-refractivity contribution in [2.24, 2.45) is 0 Å². The van der Waals surface area contributed by atoms with Crippen molar-refractivity contribution in [3.63, 3.8) is 0 Å². The summed E-state index contributed by atoms with van der Waals surface area (Å²) < 4.78 is 45.6. The van der Waals surface area contributed by atoms with Gasteiger partial charge in [0.25, 0.3) is 11.8 Å². The Hall–Kier alpha value is -5.19. The van der Waals surface area contributed by atoms with E-state index in [-0.39, 0.29) is 17.0 Å². The summed E-state index contributed by atoms with van der Waals surface area (Å²) in [5, 5.41) is 8.47. The van der Waals surface area contributed by atoms with E-state index in [1.807, 2.05) is 13.8 Å². The van der Waals surface area contributed by atoms with Crippen molar-refractivity contribution in [2.45, 2.75) is 20.8 Å². The summed E-state index contributed by atoms with van der Waals surface area (Å²) in [6, 6.07) is 14.1. The standard InChI is InChI=1S/C31H30F2N4O5/c1-4-34-18-23(30(38)36-20-9-7-19(32)8-10-20)31(39)37-21-11-12-27(24(33)15-21)42-26-13-14-35-25-17-29(41-6-3)28(40-5-2)16-22(25)26/h7-18,34H,4-6H2,1-3H3,(H,36,38)(H,37,39)/b23-18+. The molecule has 0 atom stereocenters. The van der Waals surface area contributed by atoms with Crippen molar-refractivity contribution >= 4 is 34.1 Å². The minimum absolute atomic E-state index is 0.0928. The fraction of sp³-hybridized carbons (Fsp3) is 0.194. The number of aromatic nitrogens is 1. The van der Waals surface area contributed by atoms with Crippen LogP contribution in [0.25, 0.3) is 10.9 Å². The van der Waals surface area contributed by atoms with Gasteiger partial charge in [-0.25, -0.2) is 8.78 Å². The van der Waals surface area contributed by atoms with Gasteiger partial charge in [-0.1, -0.05) is 0 Å². The van der Waals surface area contributed by atoms with Crippen LogP contribution in [0.4, 0.5) is 20.2 Å². The molecule has 0 aliphatic rings. The molecule has 4 rings (SSSR count). The van der Waals surface area contributed by atoms with Crippen LogP contribution >= 0.6 is 0 Å². The van der Waals surface area contributed by atoms with Crippen LogP contribution in [0.5, 0.6) is 23.0 Å². The van der Waals surface area contributed by atoms with Gasteiger partial charge in [-0.3, -0.25) is 14.6 Å². The lowest BCUT2D eigenvalue weighted by molar-refractivity contribution is -0.118. The first kappa shape index (κ1) is 29.8. The number of carbonyl (C=O) groups is 2. The SMILES string of the molecule is CCN/C=C(\C(=O)Nc1ccc(F)cc1)C(=O)Nc1ccc(Oc2ccnc3cc(OCC)c(OCC)cc23)c(F)c1. The van der Waals surface area contributed by atoms with E-state index in [2.05, 4.69) is 20.9 Å². The fourth-order valence-corrected chi connectivity index (χ4v) is 3.90. The highest BCUT2D eigenvalue weighted by atomic mass is 19.1. The van der Waals surface area contributed by atoms with Gasteiger partial charge in [-0.05, 0) is 69.3 Å². The van der Waals surface area contributed by atoms with Crippen LogP contribution in [0, 0.1) is 11.6 Å². The molecule has 0 aliphatic carbocycles. The number of rotatable bonds is 12. The third-order valence-corrected chi connectivity index (χ3v) is 5.82. The molecule has 0 saturated carbocycles. The number of nitrogens with zero attached hydrogens (tertiary/aromatic N) is 1. The molecule has 0 radical (unpaired) electrons. The van der Waals surface area contributed by atoms with Crippen molar-refractivity contribution < 1.29 is 32.6 Å². The molecule has 3 aromatic carbocycles. The van der Waals surface area contributed by atoms with Crippen LogP contribution in [0.2, 0.25) is 0 Å². The molecule has 42 heavy (non-hydrogen) atoms. The summed E-state index contributed by atoms with van der Waals surface area (Å²) in [5.41, 5.74) is 0.709. The number of ether oxygens (including phenoxy) is 3. The molecule has 4 aromatic rings. The van der Waals surface area contributed by atoms with Crippen molar-refractivity contribution in [3.8, 4) is 23.0 Å². The third kappa shape index (κ3) is 7.30. The quantitative estimate of drug-likeness (QED) is 0.105. The zero-order valence-corrected chi connectivity index (χ0v) is 23.3. The maximum atomic E-state index is 15.2. The molecule has 0 spiro atoms. The number of hydrogen-bond acceptors (Lipinski definition) is 7. The first-order valence-corrected chi connectivity index (χ1v) is 13.3. The highest BCUT2D eigenvalue weighted by molar-refractivity contribution is 6.26. The largest absolute Gasteiger partial charge is 0.490 e. The number of anilines is 2. The van der Waals surface area contributed by atoms with E-state index in [4.69, 9.17) is 14.2 Å². The first-order chi connectivity index (χ1) is 20.3. The van der Waals surface area contributed by atoms with Gasteiger partial charge >= 0.3 is 0 Å². The third-order valence-electron chi connectivity index (χ3n) is 5.82. The molecule has 0 aliphatic heterocycles. The van der Waals surface area contributed by atoms with E-state index in [0.29, 0.717) is 53.6 Å². The summed E-state index contributed by atoms with van der Waals surface area (Å²) in [7, 11) is 0. The second-order valence-corrected chi connectivity index (χ2v) is 8.77. The van der Waals surface area contributed by atoms with Gasteiger partial charge in [-0.15, -0.1) is 0 Å². The Morgan fingerprint density at radius 3 is 2.07 bits per heavy atom. The summed E-state index contributed by atoms with van der Waals surface area (Å²) in [4.78, 5) is 30.1. The molecule has 0 fully saturated rings. The smallest absolute Gasteiger partial charge is 0.262 e. The first-order valence-electron chi connectivity index (χ1n) is 13.3. The highest BCUT2D eigenvalue weighted by Gasteiger charge is 2.20. The average Bonchev–Trinajstić information content (AvgIpc) is 2.97. The Labute approximate surface area is 241 Å². The van der Waals surface area contributed by atoms with Gasteiger partial charge in [-0.2, -0.15) is 0 Å². The summed E-state index contributed by atoms with van der Waals surface area (Å²) in [6.45, 7) is 6.82. The Balaban J connectivity index is 1.53. The van der Waals surface area contributed by atoms with Crippen LogP contribution in [0.1, 0.15) is 20.8 Å². The molecule has 218 valence electrons. The number of fused-ring (bicyclic) bond motifs is 1. The Bertz CT molecular complexity index is 1610. The van der Waals surface area contributed by atoms with E-state index in [1.165, 1.54) is 48.8 Å². The summed E-state index contributed by atoms with van der Waals surface area (Å²) >= 11 is 0. The summed E-state index contributed by atoms with van der Waals surface area (Å²) in [5.74, 6) is -1.43. The number of nitrogens with one attached hydrogen (secondary N) is 3. The van der Waals surface area contributed by atoms with E-state index in [1.54, 1.807) is 25.1 Å². The normalized spacial score (nSPS) is 11.1. The van der Waals surface area contributed by atoms with Crippen LogP contribution in [0.3, 0.4) is 0 Å². The monoisotopic (exact) mass is 576 g/mol. The van der Waals surface area contributed by atoms with Crippen molar-refractivity contribution in [1.29, 1.82) is 0 Å². The van der Waals surface area contributed by atoms with Crippen LogP contribution < -0.4 is 30.2 Å². The van der Waals surface area contributed by atoms with Crippen molar-refractivity contribution in [2.75, 3.05) is 30.4 Å². The Morgan fingerprint density at radius 1 is 0.786 bits per heavy atom. The summed E-state index contributed by atoms with van der Waals surface area (Å²) in [6.07, 6.45) is 2.79. The van der Waals surface area contributed by atoms with Crippen LogP contribution in [-0.2, 0) is 9.59 Å². The molecule has 0 saturated heterocycles. The molecular weight excluding hydrogens is 546 g/mol. The van der Waals surface area contributed by atoms with Gasteiger partial charge in [0.1, 0.15) is 17.1 Å². The number of carbonyl (C=O) groups excluding carboxylic acids is 2. The number of benzene rings is 3. The lowest BCUT2D eigenvalue weighted by Gasteiger charge is -2.15. The number of pyridine rings is 1. The predicted octanol–water partition coefficient (Wildman–Crippen LogP) is 6.17. The van der Waals surface area contributed by atoms with E-state index in [0.717, 1.165) is 6.07 Å². The zero-order valence-electron chi connectivity index (χ0n) is 23.3. The highest BCUT2D eigenvalue weighted by Crippen LogP contribution is 2.38. The van der Waals surface area contributed by atoms with Crippen molar-refractivity contribution in [3.05, 3.63) is 90.3 Å². The number of amides is 2. The number of halogens is 2. The second-order valence-electron chi connectivity index (χ2n) is 8.77. The molecule has 0 bridgehead atoms. The van der Waals surface area contributed by atoms with Gasteiger partial charge in [0.05, 0.1) is 18.7 Å². The second kappa shape index (κ2) is 13.9.